The number of aryl methyl sites for hydroxylation is 1. The van der Waals surface area contributed by atoms with Crippen LogP contribution in [0.15, 0.2) is 24.3 Å². The lowest BCUT2D eigenvalue weighted by atomic mass is 10.1. The summed E-state index contributed by atoms with van der Waals surface area (Å²) in [6.07, 6.45) is 0. The lowest BCUT2D eigenvalue weighted by Gasteiger charge is -2.25. The van der Waals surface area contributed by atoms with Crippen molar-refractivity contribution in [1.29, 1.82) is 0 Å². The Balaban J connectivity index is 1.60. The second kappa shape index (κ2) is 6.11. The second-order valence-corrected chi connectivity index (χ2v) is 5.03. The average molecular weight is 273 g/mol. The summed E-state index contributed by atoms with van der Waals surface area (Å²) in [5.74, 6) is 0.687. The molecule has 0 saturated carbocycles. The molecule has 1 fully saturated rings. The third kappa shape index (κ3) is 3.20. The minimum Gasteiger partial charge on any atom is -0.379 e. The Morgan fingerprint density at radius 2 is 1.85 bits per heavy atom. The molecule has 6 heteroatoms. The van der Waals surface area contributed by atoms with E-state index in [1.54, 1.807) is 4.80 Å². The topological polar surface area (TPSA) is 56.1 Å². The third-order valence-electron chi connectivity index (χ3n) is 3.48. The van der Waals surface area contributed by atoms with Crippen molar-refractivity contribution in [3.05, 3.63) is 29.8 Å². The monoisotopic (exact) mass is 273 g/mol. The molecular weight excluding hydrogens is 254 g/mol. The Hall–Kier alpha value is -1.79. The SMILES string of the molecule is Cc1ccc(-c2nnn(CCN3CCOCC3)n2)cc1. The first-order valence-corrected chi connectivity index (χ1v) is 6.96. The van der Waals surface area contributed by atoms with Gasteiger partial charge in [-0.2, -0.15) is 4.80 Å². The average Bonchev–Trinajstić information content (AvgIpc) is 2.96. The number of hydrogen-bond donors (Lipinski definition) is 0. The van der Waals surface area contributed by atoms with Crippen LogP contribution in [0.1, 0.15) is 5.56 Å². The molecule has 20 heavy (non-hydrogen) atoms. The molecule has 0 unspecified atom stereocenters. The normalized spacial score (nSPS) is 16.4. The number of benzene rings is 1. The van der Waals surface area contributed by atoms with Crippen molar-refractivity contribution in [3.63, 3.8) is 0 Å². The van der Waals surface area contributed by atoms with Gasteiger partial charge in [-0.1, -0.05) is 29.8 Å². The summed E-state index contributed by atoms with van der Waals surface area (Å²) in [7, 11) is 0. The smallest absolute Gasteiger partial charge is 0.204 e. The maximum atomic E-state index is 5.33. The van der Waals surface area contributed by atoms with E-state index in [2.05, 4.69) is 39.4 Å². The minimum atomic E-state index is 0.687. The molecule has 3 rings (SSSR count). The highest BCUT2D eigenvalue weighted by molar-refractivity contribution is 5.53. The van der Waals surface area contributed by atoms with Gasteiger partial charge in [-0.05, 0) is 12.1 Å². The van der Waals surface area contributed by atoms with E-state index in [1.165, 1.54) is 5.56 Å². The Bertz CT molecular complexity index is 545. The standard InChI is InChI=1S/C14H19N5O/c1-12-2-4-13(5-3-12)14-15-17-19(16-14)7-6-18-8-10-20-11-9-18/h2-5H,6-11H2,1H3. The number of tetrazole rings is 1. The van der Waals surface area contributed by atoms with Crippen LogP contribution < -0.4 is 0 Å². The summed E-state index contributed by atoms with van der Waals surface area (Å²) in [5.41, 5.74) is 2.24. The summed E-state index contributed by atoms with van der Waals surface area (Å²) < 4.78 is 5.33. The lowest BCUT2D eigenvalue weighted by Crippen LogP contribution is -2.38. The first kappa shape index (κ1) is 13.2. The van der Waals surface area contributed by atoms with Crippen molar-refractivity contribution >= 4 is 0 Å². The van der Waals surface area contributed by atoms with Crippen molar-refractivity contribution in [1.82, 2.24) is 25.1 Å². The van der Waals surface area contributed by atoms with E-state index >= 15 is 0 Å². The van der Waals surface area contributed by atoms with Crippen molar-refractivity contribution in [2.45, 2.75) is 13.5 Å². The zero-order valence-electron chi connectivity index (χ0n) is 11.7. The first-order valence-electron chi connectivity index (χ1n) is 6.96. The van der Waals surface area contributed by atoms with Gasteiger partial charge in [0.15, 0.2) is 0 Å². The van der Waals surface area contributed by atoms with Crippen LogP contribution in [-0.4, -0.2) is 58.0 Å². The number of nitrogens with zero attached hydrogens (tertiary/aromatic N) is 5. The lowest BCUT2D eigenvalue weighted by molar-refractivity contribution is 0.0354. The number of ether oxygens (including phenoxy) is 1. The van der Waals surface area contributed by atoms with Crippen LogP contribution in [0.2, 0.25) is 0 Å². The summed E-state index contributed by atoms with van der Waals surface area (Å²) in [4.78, 5) is 4.03. The number of hydrogen-bond acceptors (Lipinski definition) is 5. The molecule has 0 N–H and O–H groups in total. The van der Waals surface area contributed by atoms with E-state index in [1.807, 2.05) is 12.1 Å². The molecule has 106 valence electrons. The van der Waals surface area contributed by atoms with Crippen LogP contribution in [0.25, 0.3) is 11.4 Å². The van der Waals surface area contributed by atoms with Gasteiger partial charge >= 0.3 is 0 Å². The van der Waals surface area contributed by atoms with Crippen molar-refractivity contribution < 1.29 is 4.74 Å². The van der Waals surface area contributed by atoms with Crippen LogP contribution in [0, 0.1) is 6.92 Å². The molecule has 0 atom stereocenters. The largest absolute Gasteiger partial charge is 0.379 e. The summed E-state index contributed by atoms with van der Waals surface area (Å²) in [6.45, 7) is 7.38. The van der Waals surface area contributed by atoms with E-state index in [9.17, 15) is 0 Å². The first-order chi connectivity index (χ1) is 9.81. The van der Waals surface area contributed by atoms with Crippen molar-refractivity contribution in [2.24, 2.45) is 0 Å². The van der Waals surface area contributed by atoms with Gasteiger partial charge in [0.05, 0.1) is 19.8 Å². The van der Waals surface area contributed by atoms with Gasteiger partial charge in [0, 0.05) is 25.2 Å². The highest BCUT2D eigenvalue weighted by atomic mass is 16.5. The Labute approximate surface area is 118 Å². The Morgan fingerprint density at radius 3 is 2.60 bits per heavy atom. The highest BCUT2D eigenvalue weighted by Crippen LogP contribution is 2.13. The van der Waals surface area contributed by atoms with Gasteiger partial charge in [-0.3, -0.25) is 4.90 Å². The van der Waals surface area contributed by atoms with E-state index < -0.39 is 0 Å². The molecule has 1 aromatic carbocycles. The fourth-order valence-corrected chi connectivity index (χ4v) is 2.21. The maximum absolute atomic E-state index is 5.33. The van der Waals surface area contributed by atoms with Gasteiger partial charge in [0.2, 0.25) is 5.82 Å². The minimum absolute atomic E-state index is 0.687. The summed E-state index contributed by atoms with van der Waals surface area (Å²) in [5, 5.41) is 12.7. The number of rotatable bonds is 4. The zero-order valence-corrected chi connectivity index (χ0v) is 11.7. The summed E-state index contributed by atoms with van der Waals surface area (Å²) >= 11 is 0. The van der Waals surface area contributed by atoms with Crippen molar-refractivity contribution in [3.8, 4) is 11.4 Å². The molecule has 0 bridgehead atoms. The molecule has 0 amide bonds. The van der Waals surface area contributed by atoms with E-state index in [4.69, 9.17) is 4.74 Å². The fraction of sp³-hybridized carbons (Fsp3) is 0.500. The number of aromatic nitrogens is 4. The maximum Gasteiger partial charge on any atom is 0.204 e. The third-order valence-corrected chi connectivity index (χ3v) is 3.48. The van der Waals surface area contributed by atoms with Gasteiger partial charge in [-0.25, -0.2) is 0 Å². The Kier molecular flexibility index (Phi) is 4.03. The highest BCUT2D eigenvalue weighted by Gasteiger charge is 2.11. The van der Waals surface area contributed by atoms with Gasteiger partial charge in [0.1, 0.15) is 0 Å². The van der Waals surface area contributed by atoms with Crippen molar-refractivity contribution in [2.75, 3.05) is 32.8 Å². The molecule has 2 heterocycles. The van der Waals surface area contributed by atoms with Crippen LogP contribution in [0.5, 0.6) is 0 Å². The molecule has 0 spiro atoms. The van der Waals surface area contributed by atoms with E-state index in [0.29, 0.717) is 5.82 Å². The zero-order chi connectivity index (χ0) is 13.8. The molecule has 6 nitrogen and oxygen atoms in total. The van der Waals surface area contributed by atoms with Crippen LogP contribution in [0.4, 0.5) is 0 Å². The molecule has 0 aliphatic carbocycles. The number of morpholine rings is 1. The Morgan fingerprint density at radius 1 is 1.10 bits per heavy atom. The molecule has 0 radical (unpaired) electrons. The molecule has 2 aromatic rings. The van der Waals surface area contributed by atoms with Crippen LogP contribution in [0.3, 0.4) is 0 Å². The predicted octanol–water partition coefficient (Wildman–Crippen LogP) is 0.981. The van der Waals surface area contributed by atoms with E-state index in [0.717, 1.165) is 45.0 Å². The quantitative estimate of drug-likeness (QED) is 0.831. The van der Waals surface area contributed by atoms with Crippen LogP contribution in [-0.2, 0) is 11.3 Å². The molecule has 1 aliphatic rings. The van der Waals surface area contributed by atoms with Gasteiger partial charge < -0.3 is 4.74 Å². The molecule has 1 aromatic heterocycles. The molecular formula is C14H19N5O. The molecule has 1 aliphatic heterocycles. The van der Waals surface area contributed by atoms with Gasteiger partial charge in [0.25, 0.3) is 0 Å². The summed E-state index contributed by atoms with van der Waals surface area (Å²) in [6, 6.07) is 8.17. The molecule has 1 saturated heterocycles. The van der Waals surface area contributed by atoms with E-state index in [-0.39, 0.29) is 0 Å². The van der Waals surface area contributed by atoms with Gasteiger partial charge in [-0.15, -0.1) is 10.2 Å². The van der Waals surface area contributed by atoms with Crippen LogP contribution >= 0.6 is 0 Å². The fourth-order valence-electron chi connectivity index (χ4n) is 2.21. The predicted molar refractivity (Wildman–Crippen MR) is 75.2 cm³/mol. The second-order valence-electron chi connectivity index (χ2n) is 5.03.